The Bertz CT molecular complexity index is 624. The lowest BCUT2D eigenvalue weighted by Crippen LogP contribution is -2.26. The number of nitrogens with zero attached hydrogens (tertiary/aromatic N) is 2. The normalized spacial score (nSPS) is 11.6. The first-order chi connectivity index (χ1) is 9.51. The Morgan fingerprint density at radius 1 is 1.38 bits per heavy atom. The van der Waals surface area contributed by atoms with Gasteiger partial charge in [-0.2, -0.15) is 5.10 Å². The monoisotopic (exact) mass is 308 g/mol. The Kier molecular flexibility index (Phi) is 5.93. The molecule has 1 unspecified atom stereocenters. The van der Waals surface area contributed by atoms with Crippen molar-refractivity contribution >= 4 is 24.0 Å². The van der Waals surface area contributed by atoms with Crippen LogP contribution in [0.5, 0.6) is 0 Å². The Morgan fingerprint density at radius 3 is 2.67 bits per heavy atom. The minimum atomic E-state index is -0.202. The van der Waals surface area contributed by atoms with Gasteiger partial charge in [-0.25, -0.2) is 4.68 Å². The van der Waals surface area contributed by atoms with Crippen LogP contribution in [0.3, 0.4) is 0 Å². The van der Waals surface area contributed by atoms with E-state index in [4.69, 9.17) is 5.73 Å². The van der Waals surface area contributed by atoms with Crippen LogP contribution >= 0.6 is 12.4 Å². The molecule has 5 nitrogen and oxygen atoms in total. The van der Waals surface area contributed by atoms with Crippen molar-refractivity contribution in [3.63, 3.8) is 0 Å². The van der Waals surface area contributed by atoms with Gasteiger partial charge in [-0.05, 0) is 38.1 Å². The summed E-state index contributed by atoms with van der Waals surface area (Å²) in [6.45, 7) is 6.10. The second-order valence-electron chi connectivity index (χ2n) is 5.02. The maximum Gasteiger partial charge on any atom is 0.228 e. The number of aromatic nitrogens is 2. The molecule has 1 heterocycles. The lowest BCUT2D eigenvalue weighted by molar-refractivity contribution is -0.119. The summed E-state index contributed by atoms with van der Waals surface area (Å²) in [5, 5.41) is 7.30. The number of nitrogens with two attached hydrogens (primary N) is 1. The van der Waals surface area contributed by atoms with E-state index in [1.165, 1.54) is 0 Å². The zero-order valence-electron chi connectivity index (χ0n) is 12.5. The molecule has 2 aromatic rings. The Labute approximate surface area is 130 Å². The standard InChI is InChI=1S/C15H20N4O.ClH/c1-10(9-16)15(20)17-13-5-4-6-14(8-13)19-12(3)7-11(2)18-19;/h4-8,10H,9,16H2,1-3H3,(H,17,20);1H. The maximum atomic E-state index is 11.8. The molecule has 0 spiro atoms. The van der Waals surface area contributed by atoms with Gasteiger partial charge in [-0.15, -0.1) is 12.4 Å². The van der Waals surface area contributed by atoms with E-state index in [0.29, 0.717) is 6.54 Å². The highest BCUT2D eigenvalue weighted by atomic mass is 35.5. The van der Waals surface area contributed by atoms with E-state index in [2.05, 4.69) is 10.4 Å². The Morgan fingerprint density at radius 2 is 2.10 bits per heavy atom. The number of aryl methyl sites for hydroxylation is 2. The largest absolute Gasteiger partial charge is 0.330 e. The van der Waals surface area contributed by atoms with E-state index >= 15 is 0 Å². The third-order valence-corrected chi connectivity index (χ3v) is 3.17. The summed E-state index contributed by atoms with van der Waals surface area (Å²) in [7, 11) is 0. The van der Waals surface area contributed by atoms with Crippen LogP contribution in [-0.2, 0) is 4.79 Å². The highest BCUT2D eigenvalue weighted by Gasteiger charge is 2.11. The van der Waals surface area contributed by atoms with Crippen molar-refractivity contribution in [2.24, 2.45) is 11.7 Å². The summed E-state index contributed by atoms with van der Waals surface area (Å²) < 4.78 is 1.86. The molecule has 0 bridgehead atoms. The van der Waals surface area contributed by atoms with Gasteiger partial charge < -0.3 is 11.1 Å². The van der Waals surface area contributed by atoms with Gasteiger partial charge in [0.05, 0.1) is 11.4 Å². The molecular formula is C15H21ClN4O. The first-order valence-corrected chi connectivity index (χ1v) is 6.66. The molecule has 0 aliphatic carbocycles. The summed E-state index contributed by atoms with van der Waals surface area (Å²) in [5.41, 5.74) is 9.19. The van der Waals surface area contributed by atoms with Crippen LogP contribution < -0.4 is 11.1 Å². The van der Waals surface area contributed by atoms with E-state index in [0.717, 1.165) is 22.8 Å². The van der Waals surface area contributed by atoms with Gasteiger partial charge >= 0.3 is 0 Å². The number of hydrogen-bond acceptors (Lipinski definition) is 3. The first kappa shape index (κ1) is 17.2. The fourth-order valence-electron chi connectivity index (χ4n) is 1.98. The topological polar surface area (TPSA) is 72.9 Å². The molecule has 1 amide bonds. The van der Waals surface area contributed by atoms with E-state index in [1.807, 2.05) is 48.9 Å². The number of carbonyl (C=O) groups is 1. The van der Waals surface area contributed by atoms with Crippen molar-refractivity contribution in [2.45, 2.75) is 20.8 Å². The summed E-state index contributed by atoms with van der Waals surface area (Å²) in [6.07, 6.45) is 0. The van der Waals surface area contributed by atoms with Crippen LogP contribution in [0.4, 0.5) is 5.69 Å². The molecule has 6 heteroatoms. The molecule has 0 aliphatic heterocycles. The van der Waals surface area contributed by atoms with Gasteiger partial charge in [-0.1, -0.05) is 13.0 Å². The van der Waals surface area contributed by atoms with E-state index in [9.17, 15) is 4.79 Å². The summed E-state index contributed by atoms with van der Waals surface area (Å²) in [4.78, 5) is 11.8. The summed E-state index contributed by atoms with van der Waals surface area (Å²) in [5.74, 6) is -0.273. The van der Waals surface area contributed by atoms with E-state index < -0.39 is 0 Å². The maximum absolute atomic E-state index is 11.8. The third-order valence-electron chi connectivity index (χ3n) is 3.17. The average Bonchev–Trinajstić information content (AvgIpc) is 2.77. The van der Waals surface area contributed by atoms with Crippen molar-refractivity contribution in [2.75, 3.05) is 11.9 Å². The summed E-state index contributed by atoms with van der Waals surface area (Å²) >= 11 is 0. The number of amides is 1. The van der Waals surface area contributed by atoms with Crippen LogP contribution in [-0.4, -0.2) is 22.2 Å². The van der Waals surface area contributed by atoms with Crippen LogP contribution in [0.25, 0.3) is 5.69 Å². The molecule has 1 atom stereocenters. The van der Waals surface area contributed by atoms with Gasteiger partial charge in [0.25, 0.3) is 0 Å². The first-order valence-electron chi connectivity index (χ1n) is 6.66. The van der Waals surface area contributed by atoms with E-state index in [-0.39, 0.29) is 24.2 Å². The van der Waals surface area contributed by atoms with Crippen molar-refractivity contribution in [3.8, 4) is 5.69 Å². The van der Waals surface area contributed by atoms with Crippen molar-refractivity contribution < 1.29 is 4.79 Å². The molecule has 0 aliphatic rings. The molecule has 1 aromatic heterocycles. The van der Waals surface area contributed by atoms with Crippen LogP contribution in [0.2, 0.25) is 0 Å². The van der Waals surface area contributed by atoms with Gasteiger partial charge in [0, 0.05) is 23.8 Å². The smallest absolute Gasteiger partial charge is 0.228 e. The SMILES string of the molecule is Cc1cc(C)n(-c2cccc(NC(=O)C(C)CN)c2)n1.Cl. The predicted molar refractivity (Wildman–Crippen MR) is 87.1 cm³/mol. The van der Waals surface area contributed by atoms with E-state index in [1.54, 1.807) is 6.92 Å². The minimum Gasteiger partial charge on any atom is -0.330 e. The molecule has 2 rings (SSSR count). The second kappa shape index (κ2) is 7.24. The quantitative estimate of drug-likeness (QED) is 0.911. The fourth-order valence-corrected chi connectivity index (χ4v) is 1.98. The van der Waals surface area contributed by atoms with Crippen LogP contribution in [0.15, 0.2) is 30.3 Å². The van der Waals surface area contributed by atoms with Crippen molar-refractivity contribution in [3.05, 3.63) is 41.7 Å². The molecule has 21 heavy (non-hydrogen) atoms. The number of nitrogens with one attached hydrogen (secondary N) is 1. The summed E-state index contributed by atoms with van der Waals surface area (Å²) in [6, 6.07) is 9.63. The predicted octanol–water partition coefficient (Wildman–Crippen LogP) is 2.44. The molecule has 1 aromatic carbocycles. The van der Waals surface area contributed by atoms with Crippen LogP contribution in [0.1, 0.15) is 18.3 Å². The fraction of sp³-hybridized carbons (Fsp3) is 0.333. The number of anilines is 1. The van der Waals surface area contributed by atoms with Gasteiger partial charge in [0.15, 0.2) is 0 Å². The number of hydrogen-bond donors (Lipinski definition) is 2. The Hall–Kier alpha value is -1.85. The molecule has 0 saturated heterocycles. The Balaban J connectivity index is 0.00000220. The second-order valence-corrected chi connectivity index (χ2v) is 5.02. The van der Waals surface area contributed by atoms with Gasteiger partial charge in [0.2, 0.25) is 5.91 Å². The number of halogens is 1. The molecule has 0 saturated carbocycles. The number of rotatable bonds is 4. The third kappa shape index (κ3) is 4.06. The lowest BCUT2D eigenvalue weighted by atomic mass is 10.1. The van der Waals surface area contributed by atoms with Crippen molar-refractivity contribution in [1.82, 2.24) is 9.78 Å². The highest BCUT2D eigenvalue weighted by Crippen LogP contribution is 2.17. The molecule has 3 N–H and O–H groups in total. The van der Waals surface area contributed by atoms with Crippen molar-refractivity contribution in [1.29, 1.82) is 0 Å². The van der Waals surface area contributed by atoms with Gasteiger partial charge in [-0.3, -0.25) is 4.79 Å². The molecule has 0 radical (unpaired) electrons. The average molecular weight is 309 g/mol. The zero-order valence-corrected chi connectivity index (χ0v) is 13.3. The molecule has 0 fully saturated rings. The lowest BCUT2D eigenvalue weighted by Gasteiger charge is -2.11. The number of benzene rings is 1. The zero-order chi connectivity index (χ0) is 14.7. The van der Waals surface area contributed by atoms with Gasteiger partial charge in [0.1, 0.15) is 0 Å². The molecule has 114 valence electrons. The molecular weight excluding hydrogens is 288 g/mol. The highest BCUT2D eigenvalue weighted by molar-refractivity contribution is 5.92. The number of carbonyl (C=O) groups excluding carboxylic acids is 1. The van der Waals surface area contributed by atoms with Crippen LogP contribution in [0, 0.1) is 19.8 Å². The minimum absolute atomic E-state index is 0.